The molecule has 1 fully saturated rings. The molecule has 0 aliphatic carbocycles. The lowest BCUT2D eigenvalue weighted by molar-refractivity contribution is 0.0688. The van der Waals surface area contributed by atoms with Gasteiger partial charge < -0.3 is 25.3 Å². The first-order chi connectivity index (χ1) is 17.7. The number of methoxy groups -OCH3 is 1. The molecule has 0 saturated carbocycles. The summed E-state index contributed by atoms with van der Waals surface area (Å²) in [5.74, 6) is -2.69. The third-order valence-corrected chi connectivity index (χ3v) is 6.98. The van der Waals surface area contributed by atoms with Gasteiger partial charge in [0.2, 0.25) is 5.82 Å². The molecule has 0 radical (unpaired) electrons. The second-order valence-corrected chi connectivity index (χ2v) is 9.34. The topological polar surface area (TPSA) is 102 Å². The highest BCUT2D eigenvalue weighted by Gasteiger charge is 2.25. The molecule has 11 heteroatoms. The fourth-order valence-electron chi connectivity index (χ4n) is 4.54. The fourth-order valence-corrected chi connectivity index (χ4v) is 4.80. The molecule has 0 spiro atoms. The molecule has 1 aliphatic heterocycles. The molecule has 2 heterocycles. The van der Waals surface area contributed by atoms with Gasteiger partial charge in [-0.3, -0.25) is 9.59 Å². The van der Waals surface area contributed by atoms with Gasteiger partial charge >= 0.3 is 0 Å². The van der Waals surface area contributed by atoms with Crippen LogP contribution in [0.2, 0.25) is 5.02 Å². The van der Waals surface area contributed by atoms with Crippen molar-refractivity contribution >= 4 is 29.1 Å². The van der Waals surface area contributed by atoms with Gasteiger partial charge in [0.1, 0.15) is 0 Å². The van der Waals surface area contributed by atoms with Gasteiger partial charge in [0.15, 0.2) is 17.4 Å². The van der Waals surface area contributed by atoms with Crippen LogP contribution < -0.4 is 15.8 Å². The van der Waals surface area contributed by atoms with Crippen LogP contribution in [0.5, 0.6) is 5.75 Å². The number of rotatable bonds is 7. The molecule has 0 unspecified atom stereocenters. The number of nitrogens with two attached hydrogens (primary N) is 1. The maximum atomic E-state index is 14.6. The number of nitrogens with zero attached hydrogens (tertiary/aromatic N) is 3. The van der Waals surface area contributed by atoms with Crippen LogP contribution in [0.1, 0.15) is 40.2 Å². The van der Waals surface area contributed by atoms with Crippen molar-refractivity contribution in [3.63, 3.8) is 0 Å². The Morgan fingerprint density at radius 2 is 1.92 bits per heavy atom. The summed E-state index contributed by atoms with van der Waals surface area (Å²) in [5, 5.41) is 2.89. The van der Waals surface area contributed by atoms with E-state index >= 15 is 0 Å². The van der Waals surface area contributed by atoms with Crippen LogP contribution in [0.3, 0.4) is 0 Å². The zero-order valence-corrected chi connectivity index (χ0v) is 21.3. The van der Waals surface area contributed by atoms with Crippen molar-refractivity contribution in [1.29, 1.82) is 0 Å². The number of piperidine rings is 1. The van der Waals surface area contributed by atoms with E-state index in [1.165, 1.54) is 43.1 Å². The number of carbonyl (C=O) groups is 2. The van der Waals surface area contributed by atoms with Gasteiger partial charge in [-0.1, -0.05) is 11.6 Å². The number of hydrogen-bond acceptors (Lipinski definition) is 5. The number of anilines is 1. The molecule has 1 aromatic heterocycles. The molecular formula is C26H28ClF2N5O3. The van der Waals surface area contributed by atoms with Gasteiger partial charge in [-0.2, -0.15) is 4.39 Å². The number of amides is 2. The van der Waals surface area contributed by atoms with E-state index in [0.717, 1.165) is 19.3 Å². The van der Waals surface area contributed by atoms with Gasteiger partial charge in [0.05, 0.1) is 29.6 Å². The number of hydrogen-bond donors (Lipinski definition) is 2. The summed E-state index contributed by atoms with van der Waals surface area (Å²) in [6, 6.07) is 7.31. The van der Waals surface area contributed by atoms with E-state index in [4.69, 9.17) is 22.1 Å². The Morgan fingerprint density at radius 1 is 1.19 bits per heavy atom. The minimum Gasteiger partial charge on any atom is -0.494 e. The monoisotopic (exact) mass is 531 g/mol. The largest absolute Gasteiger partial charge is 0.494 e. The molecule has 0 bridgehead atoms. The van der Waals surface area contributed by atoms with Crippen molar-refractivity contribution in [3.05, 3.63) is 64.6 Å². The number of halogens is 3. The van der Waals surface area contributed by atoms with Crippen molar-refractivity contribution in [1.82, 2.24) is 14.5 Å². The number of nitrogens with one attached hydrogen (secondary N) is 1. The van der Waals surface area contributed by atoms with Crippen LogP contribution in [-0.2, 0) is 7.05 Å². The summed E-state index contributed by atoms with van der Waals surface area (Å²) >= 11 is 6.40. The lowest BCUT2D eigenvalue weighted by atomic mass is 9.93. The highest BCUT2D eigenvalue weighted by atomic mass is 35.5. The molecule has 2 aromatic carbocycles. The van der Waals surface area contributed by atoms with Crippen LogP contribution >= 0.6 is 11.6 Å². The maximum absolute atomic E-state index is 14.6. The third-order valence-electron chi connectivity index (χ3n) is 6.67. The lowest BCUT2D eigenvalue weighted by Gasteiger charge is -2.32. The smallest absolute Gasteiger partial charge is 0.291 e. The van der Waals surface area contributed by atoms with E-state index in [1.54, 1.807) is 17.0 Å². The Labute approximate surface area is 218 Å². The van der Waals surface area contributed by atoms with Crippen molar-refractivity contribution in [2.24, 2.45) is 18.7 Å². The molecule has 1 aliphatic rings. The maximum Gasteiger partial charge on any atom is 0.291 e. The zero-order valence-electron chi connectivity index (χ0n) is 20.6. The van der Waals surface area contributed by atoms with E-state index in [2.05, 4.69) is 10.3 Å². The van der Waals surface area contributed by atoms with Crippen molar-refractivity contribution in [2.45, 2.75) is 19.3 Å². The molecule has 2 amide bonds. The standard InChI is InChI=1S/C26H28ClF2N5O3/c1-33-20(18-5-6-21(37-2)23(29)22(18)28)14-31-24(33)25(35)32-16-3-4-17(19(27)13-16)26(36)34-11-8-15(7-10-30)9-12-34/h3-6,13-15H,7-12,30H2,1-2H3,(H,32,35). The molecule has 37 heavy (non-hydrogen) atoms. The minimum atomic E-state index is -1.13. The first-order valence-electron chi connectivity index (χ1n) is 11.9. The number of carbonyl (C=O) groups excluding carboxylic acids is 2. The summed E-state index contributed by atoms with van der Waals surface area (Å²) < 4.78 is 34.9. The van der Waals surface area contributed by atoms with E-state index in [1.807, 2.05) is 0 Å². The Balaban J connectivity index is 1.47. The molecule has 3 N–H and O–H groups in total. The van der Waals surface area contributed by atoms with E-state index < -0.39 is 17.5 Å². The number of likely N-dealkylation sites (tertiary alicyclic amines) is 1. The third kappa shape index (κ3) is 5.45. The predicted octanol–water partition coefficient (Wildman–Crippen LogP) is 4.48. The van der Waals surface area contributed by atoms with Crippen LogP contribution in [0.4, 0.5) is 14.5 Å². The second kappa shape index (κ2) is 11.3. The van der Waals surface area contributed by atoms with Crippen molar-refractivity contribution in [2.75, 3.05) is 32.1 Å². The highest BCUT2D eigenvalue weighted by molar-refractivity contribution is 6.34. The summed E-state index contributed by atoms with van der Waals surface area (Å²) in [5.41, 5.74) is 6.50. The molecule has 3 aromatic rings. The van der Waals surface area contributed by atoms with Crippen LogP contribution in [-0.4, -0.2) is 53.0 Å². The summed E-state index contributed by atoms with van der Waals surface area (Å²) in [4.78, 5) is 31.7. The second-order valence-electron chi connectivity index (χ2n) is 8.93. The first-order valence-corrected chi connectivity index (χ1v) is 12.3. The van der Waals surface area contributed by atoms with Gasteiger partial charge in [0.25, 0.3) is 11.8 Å². The number of ether oxygens (including phenoxy) is 1. The van der Waals surface area contributed by atoms with Crippen LogP contribution in [0.15, 0.2) is 36.5 Å². The van der Waals surface area contributed by atoms with Crippen molar-refractivity contribution < 1.29 is 23.1 Å². The predicted molar refractivity (Wildman–Crippen MR) is 137 cm³/mol. The Morgan fingerprint density at radius 3 is 2.57 bits per heavy atom. The summed E-state index contributed by atoms with van der Waals surface area (Å²) in [6.07, 6.45) is 4.06. The Hall–Kier alpha value is -3.50. The van der Waals surface area contributed by atoms with Gasteiger partial charge in [-0.05, 0) is 62.1 Å². The van der Waals surface area contributed by atoms with E-state index in [-0.39, 0.29) is 33.8 Å². The number of aromatic nitrogens is 2. The molecule has 196 valence electrons. The quantitative estimate of drug-likeness (QED) is 0.468. The average molecular weight is 532 g/mol. The molecule has 4 rings (SSSR count). The Bertz CT molecular complexity index is 1320. The van der Waals surface area contributed by atoms with Crippen LogP contribution in [0, 0.1) is 17.6 Å². The number of imidazole rings is 1. The number of benzene rings is 2. The van der Waals surface area contributed by atoms with Gasteiger partial charge in [-0.15, -0.1) is 0 Å². The van der Waals surface area contributed by atoms with Gasteiger partial charge in [-0.25, -0.2) is 9.37 Å². The summed E-state index contributed by atoms with van der Waals surface area (Å²) in [6.45, 7) is 1.95. The lowest BCUT2D eigenvalue weighted by Crippen LogP contribution is -2.39. The van der Waals surface area contributed by atoms with Gasteiger partial charge in [0, 0.05) is 31.4 Å². The highest BCUT2D eigenvalue weighted by Crippen LogP contribution is 2.30. The fraction of sp³-hybridized carbons (Fsp3) is 0.346. The SMILES string of the molecule is COc1ccc(-c2cnc(C(=O)Nc3ccc(C(=O)N4CCC(CCN)CC4)c(Cl)c3)n2C)c(F)c1F. The summed E-state index contributed by atoms with van der Waals surface area (Å²) in [7, 11) is 2.76. The van der Waals surface area contributed by atoms with Crippen LogP contribution in [0.25, 0.3) is 11.3 Å². The zero-order chi connectivity index (χ0) is 26.7. The average Bonchev–Trinajstić information content (AvgIpc) is 3.27. The minimum absolute atomic E-state index is 0.0257. The normalized spacial score (nSPS) is 14.1. The first kappa shape index (κ1) is 26.6. The van der Waals surface area contributed by atoms with E-state index in [9.17, 15) is 18.4 Å². The molecular weight excluding hydrogens is 504 g/mol. The molecule has 1 saturated heterocycles. The molecule has 8 nitrogen and oxygen atoms in total. The van der Waals surface area contributed by atoms with E-state index in [0.29, 0.717) is 36.8 Å². The molecule has 0 atom stereocenters. The van der Waals surface area contributed by atoms with Crippen molar-refractivity contribution in [3.8, 4) is 17.0 Å². The Kier molecular flexibility index (Phi) is 8.09.